The molecule has 1 saturated carbocycles. The topological polar surface area (TPSA) is 82.2 Å². The van der Waals surface area contributed by atoms with Crippen LogP contribution in [0.15, 0.2) is 54.6 Å². The summed E-state index contributed by atoms with van der Waals surface area (Å²) in [4.78, 5) is 45.0. The number of ether oxygens (including phenoxy) is 1. The average molecular weight is 553 g/mol. The first-order valence-corrected chi connectivity index (χ1v) is 13.8. The first kappa shape index (κ1) is 27.5. The second-order valence-electron chi connectivity index (χ2n) is 11.3. The lowest BCUT2D eigenvalue weighted by molar-refractivity contribution is -0.133. The second kappa shape index (κ2) is 11.2. The third-order valence-electron chi connectivity index (χ3n) is 8.85. The summed E-state index contributed by atoms with van der Waals surface area (Å²) in [6.07, 6.45) is 3.26. The minimum Gasteiger partial charge on any atom is -0.497 e. The fourth-order valence-electron chi connectivity index (χ4n) is 6.42. The average Bonchev–Trinajstić information content (AvgIpc) is 3.68. The van der Waals surface area contributed by atoms with E-state index in [1.807, 2.05) is 30.3 Å². The number of amides is 4. The van der Waals surface area contributed by atoms with Crippen LogP contribution in [0, 0.1) is 11.8 Å². The molecular weight excluding hydrogens is 516 g/mol. The monoisotopic (exact) mass is 552 g/mol. The van der Waals surface area contributed by atoms with Crippen molar-refractivity contribution < 1.29 is 19.1 Å². The van der Waals surface area contributed by atoms with E-state index in [1.165, 1.54) is 10.5 Å². The maximum absolute atomic E-state index is 13.5. The molecular formula is C30H37ClN4O4. The SMILES string of the molecule is COc1ccc(CN2C(=O)NC3(CCN(CC4CN(C(=O)C5CC5)CC4c4ccccc4)CC3)C2=O)cc1.Cl. The molecule has 2 aromatic carbocycles. The van der Waals surface area contributed by atoms with Crippen molar-refractivity contribution in [2.45, 2.75) is 43.7 Å². The van der Waals surface area contributed by atoms with Crippen LogP contribution in [0.2, 0.25) is 0 Å². The van der Waals surface area contributed by atoms with E-state index >= 15 is 0 Å². The Labute approximate surface area is 236 Å². The molecule has 4 amide bonds. The lowest BCUT2D eigenvalue weighted by Crippen LogP contribution is -2.55. The summed E-state index contributed by atoms with van der Waals surface area (Å²) >= 11 is 0. The van der Waals surface area contributed by atoms with Gasteiger partial charge in [-0.15, -0.1) is 12.4 Å². The number of rotatable bonds is 7. The van der Waals surface area contributed by atoms with Crippen LogP contribution < -0.4 is 10.1 Å². The summed E-state index contributed by atoms with van der Waals surface area (Å²) in [7, 11) is 1.61. The molecule has 0 bridgehead atoms. The van der Waals surface area contributed by atoms with Gasteiger partial charge < -0.3 is 19.9 Å². The third kappa shape index (κ3) is 5.50. The number of nitrogens with zero attached hydrogens (tertiary/aromatic N) is 3. The second-order valence-corrected chi connectivity index (χ2v) is 11.3. The molecule has 1 spiro atoms. The zero-order chi connectivity index (χ0) is 26.3. The Bertz CT molecular complexity index is 1200. The molecule has 4 fully saturated rings. The van der Waals surface area contributed by atoms with E-state index < -0.39 is 5.54 Å². The number of benzene rings is 2. The number of likely N-dealkylation sites (tertiary alicyclic amines) is 2. The van der Waals surface area contributed by atoms with Crippen molar-refractivity contribution in [2.75, 3.05) is 39.8 Å². The van der Waals surface area contributed by atoms with E-state index in [0.717, 1.165) is 56.9 Å². The van der Waals surface area contributed by atoms with Crippen LogP contribution in [0.25, 0.3) is 0 Å². The van der Waals surface area contributed by atoms with Crippen molar-refractivity contribution in [3.8, 4) is 5.75 Å². The number of nitrogens with one attached hydrogen (secondary N) is 1. The van der Waals surface area contributed by atoms with Crippen molar-refractivity contribution in [1.82, 2.24) is 20.0 Å². The Morgan fingerprint density at radius 1 is 1.00 bits per heavy atom. The molecule has 0 radical (unpaired) electrons. The number of carbonyl (C=O) groups is 3. The number of hydrogen-bond donors (Lipinski definition) is 1. The highest BCUT2D eigenvalue weighted by molar-refractivity contribution is 6.07. The van der Waals surface area contributed by atoms with E-state index in [2.05, 4.69) is 39.4 Å². The fourth-order valence-corrected chi connectivity index (χ4v) is 6.42. The molecule has 2 aromatic rings. The highest BCUT2D eigenvalue weighted by atomic mass is 35.5. The molecule has 3 heterocycles. The summed E-state index contributed by atoms with van der Waals surface area (Å²) < 4.78 is 5.21. The zero-order valence-corrected chi connectivity index (χ0v) is 23.2. The molecule has 3 saturated heterocycles. The van der Waals surface area contributed by atoms with Gasteiger partial charge >= 0.3 is 6.03 Å². The normalized spacial score (nSPS) is 24.5. The molecule has 1 aliphatic carbocycles. The highest BCUT2D eigenvalue weighted by Crippen LogP contribution is 2.39. The Kier molecular flexibility index (Phi) is 7.87. The first-order valence-electron chi connectivity index (χ1n) is 13.8. The Morgan fingerprint density at radius 3 is 2.33 bits per heavy atom. The lowest BCUT2D eigenvalue weighted by atomic mass is 9.85. The molecule has 9 heteroatoms. The van der Waals surface area contributed by atoms with Crippen LogP contribution in [0.5, 0.6) is 5.75 Å². The predicted octanol–water partition coefficient (Wildman–Crippen LogP) is 3.66. The van der Waals surface area contributed by atoms with Gasteiger partial charge in [0.2, 0.25) is 5.91 Å². The van der Waals surface area contributed by atoms with Crippen molar-refractivity contribution in [3.63, 3.8) is 0 Å². The van der Waals surface area contributed by atoms with Crippen molar-refractivity contribution >= 4 is 30.3 Å². The molecule has 2 unspecified atom stereocenters. The lowest BCUT2D eigenvalue weighted by Gasteiger charge is -2.38. The summed E-state index contributed by atoms with van der Waals surface area (Å²) in [6, 6.07) is 17.7. The highest BCUT2D eigenvalue weighted by Gasteiger charge is 2.52. The van der Waals surface area contributed by atoms with Gasteiger partial charge in [-0.25, -0.2) is 4.79 Å². The summed E-state index contributed by atoms with van der Waals surface area (Å²) in [5.74, 6) is 1.85. The number of piperidine rings is 1. The van der Waals surface area contributed by atoms with Crippen LogP contribution in [0.1, 0.15) is 42.7 Å². The number of halogens is 1. The molecule has 2 atom stereocenters. The largest absolute Gasteiger partial charge is 0.497 e. The third-order valence-corrected chi connectivity index (χ3v) is 8.85. The fraction of sp³-hybridized carbons (Fsp3) is 0.500. The van der Waals surface area contributed by atoms with Crippen molar-refractivity contribution in [3.05, 3.63) is 65.7 Å². The quantitative estimate of drug-likeness (QED) is 0.530. The minimum absolute atomic E-state index is 0. The van der Waals surface area contributed by atoms with E-state index in [-0.39, 0.29) is 36.8 Å². The van der Waals surface area contributed by atoms with E-state index in [0.29, 0.717) is 30.6 Å². The summed E-state index contributed by atoms with van der Waals surface area (Å²) in [6.45, 7) is 4.22. The van der Waals surface area contributed by atoms with Gasteiger partial charge in [-0.1, -0.05) is 42.5 Å². The van der Waals surface area contributed by atoms with Gasteiger partial charge in [0.25, 0.3) is 5.91 Å². The maximum atomic E-state index is 13.5. The van der Waals surface area contributed by atoms with Gasteiger partial charge in [-0.2, -0.15) is 0 Å². The van der Waals surface area contributed by atoms with Crippen LogP contribution in [-0.4, -0.2) is 77.9 Å². The van der Waals surface area contributed by atoms with Crippen LogP contribution in [0.3, 0.4) is 0 Å². The molecule has 39 heavy (non-hydrogen) atoms. The number of urea groups is 1. The molecule has 0 aromatic heterocycles. The molecule has 208 valence electrons. The van der Waals surface area contributed by atoms with E-state index in [4.69, 9.17) is 4.74 Å². The van der Waals surface area contributed by atoms with Gasteiger partial charge in [-0.05, 0) is 54.9 Å². The van der Waals surface area contributed by atoms with Gasteiger partial charge in [-0.3, -0.25) is 14.5 Å². The van der Waals surface area contributed by atoms with Crippen LogP contribution in [-0.2, 0) is 16.1 Å². The number of hydrogen-bond acceptors (Lipinski definition) is 5. The number of methoxy groups -OCH3 is 1. The Hall–Kier alpha value is -3.10. The summed E-state index contributed by atoms with van der Waals surface area (Å²) in [5, 5.41) is 3.04. The number of imide groups is 1. The molecule has 3 aliphatic heterocycles. The Balaban J connectivity index is 0.00000308. The van der Waals surface area contributed by atoms with Gasteiger partial charge in [0.05, 0.1) is 13.7 Å². The first-order chi connectivity index (χ1) is 18.5. The predicted molar refractivity (Wildman–Crippen MR) is 150 cm³/mol. The molecule has 4 aliphatic rings. The van der Waals surface area contributed by atoms with E-state index in [1.54, 1.807) is 7.11 Å². The molecule has 8 nitrogen and oxygen atoms in total. The van der Waals surface area contributed by atoms with Gasteiger partial charge in [0, 0.05) is 44.6 Å². The van der Waals surface area contributed by atoms with E-state index in [9.17, 15) is 14.4 Å². The van der Waals surface area contributed by atoms with Gasteiger partial charge in [0.15, 0.2) is 0 Å². The van der Waals surface area contributed by atoms with Crippen molar-refractivity contribution in [1.29, 1.82) is 0 Å². The minimum atomic E-state index is -0.817. The smallest absolute Gasteiger partial charge is 0.325 e. The molecule has 6 rings (SSSR count). The van der Waals surface area contributed by atoms with Crippen LogP contribution >= 0.6 is 12.4 Å². The zero-order valence-electron chi connectivity index (χ0n) is 22.4. The summed E-state index contributed by atoms with van der Waals surface area (Å²) in [5.41, 5.74) is 1.37. The standard InChI is InChI=1S/C30H36N4O4.ClH/c1-38-25-11-7-21(8-12-25)17-34-28(36)30(31-29(34)37)13-15-32(16-14-30)18-24-19-33(27(35)23-9-10-23)20-26(24)22-5-3-2-4-6-22;/h2-8,11-12,23-24,26H,9-10,13-20H2,1H3,(H,31,37);1H. The maximum Gasteiger partial charge on any atom is 0.325 e. The number of carbonyl (C=O) groups excluding carboxylic acids is 3. The van der Waals surface area contributed by atoms with Crippen molar-refractivity contribution in [2.24, 2.45) is 11.8 Å². The van der Waals surface area contributed by atoms with Gasteiger partial charge in [0.1, 0.15) is 11.3 Å². The Morgan fingerprint density at radius 2 is 1.69 bits per heavy atom. The molecule has 1 N–H and O–H groups in total. The van der Waals surface area contributed by atoms with Crippen LogP contribution in [0.4, 0.5) is 4.79 Å².